The Labute approximate surface area is 140 Å². The third-order valence-electron chi connectivity index (χ3n) is 5.04. The SMILES string of the molecule is CCCCCCCCc1ccc2c([nH]c3ccccc32)c1CC. The Morgan fingerprint density at radius 2 is 1.57 bits per heavy atom. The van der Waals surface area contributed by atoms with E-state index in [1.807, 2.05) is 0 Å². The molecule has 3 aromatic rings. The number of rotatable bonds is 8. The van der Waals surface area contributed by atoms with Gasteiger partial charge in [-0.3, -0.25) is 0 Å². The Kier molecular flexibility index (Phi) is 5.38. The number of aromatic amines is 1. The molecule has 0 fully saturated rings. The highest BCUT2D eigenvalue weighted by atomic mass is 14.7. The van der Waals surface area contributed by atoms with Gasteiger partial charge in [0.15, 0.2) is 0 Å². The van der Waals surface area contributed by atoms with E-state index in [2.05, 4.69) is 55.2 Å². The fourth-order valence-electron chi connectivity index (χ4n) is 3.75. The molecule has 0 aliphatic carbocycles. The first-order chi connectivity index (χ1) is 11.3. The predicted octanol–water partition coefficient (Wildman–Crippen LogP) is 6.79. The van der Waals surface area contributed by atoms with Gasteiger partial charge in [0.05, 0.1) is 0 Å². The van der Waals surface area contributed by atoms with Crippen LogP contribution in [0.4, 0.5) is 0 Å². The van der Waals surface area contributed by atoms with Crippen LogP contribution in [0.25, 0.3) is 21.8 Å². The zero-order valence-electron chi connectivity index (χ0n) is 14.6. The van der Waals surface area contributed by atoms with E-state index in [0.717, 1.165) is 6.42 Å². The molecule has 122 valence electrons. The molecular formula is C22H29N. The van der Waals surface area contributed by atoms with Gasteiger partial charge in [0.2, 0.25) is 0 Å². The van der Waals surface area contributed by atoms with Crippen LogP contribution in [0.3, 0.4) is 0 Å². The highest BCUT2D eigenvalue weighted by molar-refractivity contribution is 6.08. The van der Waals surface area contributed by atoms with Crippen molar-refractivity contribution in [3.63, 3.8) is 0 Å². The van der Waals surface area contributed by atoms with Gasteiger partial charge >= 0.3 is 0 Å². The van der Waals surface area contributed by atoms with Gasteiger partial charge in [-0.1, -0.05) is 76.3 Å². The van der Waals surface area contributed by atoms with Gasteiger partial charge in [0.25, 0.3) is 0 Å². The molecule has 1 nitrogen and oxygen atoms in total. The molecule has 0 atom stereocenters. The van der Waals surface area contributed by atoms with Crippen molar-refractivity contribution in [1.29, 1.82) is 0 Å². The number of para-hydroxylation sites is 1. The average molecular weight is 307 g/mol. The zero-order valence-corrected chi connectivity index (χ0v) is 14.6. The second kappa shape index (κ2) is 7.68. The summed E-state index contributed by atoms with van der Waals surface area (Å²) in [5, 5.41) is 2.73. The van der Waals surface area contributed by atoms with Crippen LogP contribution in [-0.4, -0.2) is 4.98 Å². The van der Waals surface area contributed by atoms with Gasteiger partial charge < -0.3 is 4.98 Å². The molecular weight excluding hydrogens is 278 g/mol. The maximum absolute atomic E-state index is 3.66. The number of aromatic nitrogens is 1. The van der Waals surface area contributed by atoms with Gasteiger partial charge in [-0.2, -0.15) is 0 Å². The lowest BCUT2D eigenvalue weighted by atomic mass is 9.96. The summed E-state index contributed by atoms with van der Waals surface area (Å²) in [4.78, 5) is 3.66. The lowest BCUT2D eigenvalue weighted by Crippen LogP contribution is -1.95. The number of nitrogens with one attached hydrogen (secondary N) is 1. The Bertz CT molecular complexity index is 766. The maximum atomic E-state index is 3.66. The van der Waals surface area contributed by atoms with Crippen LogP contribution < -0.4 is 0 Å². The van der Waals surface area contributed by atoms with Crippen LogP contribution in [0.5, 0.6) is 0 Å². The summed E-state index contributed by atoms with van der Waals surface area (Å²) >= 11 is 0. The molecule has 1 aromatic heterocycles. The summed E-state index contributed by atoms with van der Waals surface area (Å²) in [5.74, 6) is 0. The molecule has 0 aliphatic heterocycles. The van der Waals surface area contributed by atoms with E-state index in [-0.39, 0.29) is 0 Å². The zero-order chi connectivity index (χ0) is 16.1. The first-order valence-corrected chi connectivity index (χ1v) is 9.36. The van der Waals surface area contributed by atoms with Crippen molar-refractivity contribution >= 4 is 21.8 Å². The fraction of sp³-hybridized carbons (Fsp3) is 0.455. The summed E-state index contributed by atoms with van der Waals surface area (Å²) in [6, 6.07) is 13.3. The molecule has 3 rings (SSSR count). The van der Waals surface area contributed by atoms with Gasteiger partial charge in [-0.05, 0) is 36.5 Å². The Hall–Kier alpha value is -1.76. The van der Waals surface area contributed by atoms with Crippen LogP contribution in [0.1, 0.15) is 63.5 Å². The Morgan fingerprint density at radius 1 is 0.783 bits per heavy atom. The van der Waals surface area contributed by atoms with Crippen molar-refractivity contribution < 1.29 is 0 Å². The molecule has 0 unspecified atom stereocenters. The van der Waals surface area contributed by atoms with Gasteiger partial charge in [-0.25, -0.2) is 0 Å². The monoisotopic (exact) mass is 307 g/mol. The second-order valence-electron chi connectivity index (χ2n) is 6.67. The highest BCUT2D eigenvalue weighted by Crippen LogP contribution is 2.30. The smallest absolute Gasteiger partial charge is 0.0500 e. The maximum Gasteiger partial charge on any atom is 0.0500 e. The number of fused-ring (bicyclic) bond motifs is 3. The topological polar surface area (TPSA) is 15.8 Å². The normalized spacial score (nSPS) is 11.6. The second-order valence-corrected chi connectivity index (χ2v) is 6.67. The molecule has 1 heteroatoms. The van der Waals surface area contributed by atoms with E-state index >= 15 is 0 Å². The third kappa shape index (κ3) is 3.44. The third-order valence-corrected chi connectivity index (χ3v) is 5.04. The molecule has 0 radical (unpaired) electrons. The number of hydrogen-bond donors (Lipinski definition) is 1. The number of benzene rings is 2. The molecule has 1 N–H and O–H groups in total. The van der Waals surface area contributed by atoms with E-state index in [0.29, 0.717) is 0 Å². The number of H-pyrrole nitrogens is 1. The van der Waals surface area contributed by atoms with E-state index in [1.165, 1.54) is 72.3 Å². The standard InChI is InChI=1S/C22H29N/c1-3-5-6-7-8-9-12-17-15-16-20-19-13-10-11-14-21(19)23-22(20)18(17)4-2/h10-11,13-16,23H,3-9,12H2,1-2H3. The minimum Gasteiger partial charge on any atom is -0.354 e. The van der Waals surface area contributed by atoms with Crippen molar-refractivity contribution in [2.75, 3.05) is 0 Å². The first-order valence-electron chi connectivity index (χ1n) is 9.36. The van der Waals surface area contributed by atoms with Crippen molar-refractivity contribution in [2.45, 2.75) is 65.2 Å². The van der Waals surface area contributed by atoms with Crippen LogP contribution in [0, 0.1) is 0 Å². The average Bonchev–Trinajstić information content (AvgIpc) is 2.96. The Morgan fingerprint density at radius 3 is 2.39 bits per heavy atom. The van der Waals surface area contributed by atoms with Crippen molar-refractivity contribution in [3.8, 4) is 0 Å². The molecule has 0 saturated heterocycles. The number of hydrogen-bond acceptors (Lipinski definition) is 0. The first kappa shape index (κ1) is 16.1. The molecule has 0 amide bonds. The fourth-order valence-corrected chi connectivity index (χ4v) is 3.75. The number of aryl methyl sites for hydroxylation is 2. The lowest BCUT2D eigenvalue weighted by molar-refractivity contribution is 0.607. The van der Waals surface area contributed by atoms with Crippen LogP contribution in [0.15, 0.2) is 36.4 Å². The summed E-state index contributed by atoms with van der Waals surface area (Å²) in [5.41, 5.74) is 5.68. The van der Waals surface area contributed by atoms with E-state index in [4.69, 9.17) is 0 Å². The highest BCUT2D eigenvalue weighted by Gasteiger charge is 2.10. The summed E-state index contributed by atoms with van der Waals surface area (Å²) in [7, 11) is 0. The minimum atomic E-state index is 1.11. The van der Waals surface area contributed by atoms with E-state index < -0.39 is 0 Å². The van der Waals surface area contributed by atoms with E-state index in [9.17, 15) is 0 Å². The quantitative estimate of drug-likeness (QED) is 0.441. The van der Waals surface area contributed by atoms with Gasteiger partial charge in [-0.15, -0.1) is 0 Å². The molecule has 0 saturated carbocycles. The van der Waals surface area contributed by atoms with Crippen LogP contribution in [0.2, 0.25) is 0 Å². The molecule has 0 bridgehead atoms. The van der Waals surface area contributed by atoms with Crippen molar-refractivity contribution in [3.05, 3.63) is 47.5 Å². The molecule has 0 aliphatic rings. The van der Waals surface area contributed by atoms with Crippen LogP contribution in [-0.2, 0) is 12.8 Å². The number of unbranched alkanes of at least 4 members (excludes halogenated alkanes) is 5. The van der Waals surface area contributed by atoms with Crippen molar-refractivity contribution in [2.24, 2.45) is 0 Å². The summed E-state index contributed by atoms with van der Waals surface area (Å²) in [6.45, 7) is 4.56. The molecule has 2 aromatic carbocycles. The van der Waals surface area contributed by atoms with Gasteiger partial charge in [0, 0.05) is 21.8 Å². The predicted molar refractivity (Wildman–Crippen MR) is 102 cm³/mol. The minimum absolute atomic E-state index is 1.11. The largest absolute Gasteiger partial charge is 0.354 e. The summed E-state index contributed by atoms with van der Waals surface area (Å²) in [6.07, 6.45) is 10.5. The van der Waals surface area contributed by atoms with E-state index in [1.54, 1.807) is 5.56 Å². The molecule has 0 spiro atoms. The molecule has 1 heterocycles. The summed E-state index contributed by atoms with van der Waals surface area (Å²) < 4.78 is 0. The Balaban J connectivity index is 1.79. The molecule has 23 heavy (non-hydrogen) atoms. The van der Waals surface area contributed by atoms with Crippen molar-refractivity contribution in [1.82, 2.24) is 4.98 Å². The van der Waals surface area contributed by atoms with Crippen LogP contribution >= 0.6 is 0 Å². The van der Waals surface area contributed by atoms with Gasteiger partial charge in [0.1, 0.15) is 0 Å². The lowest BCUT2D eigenvalue weighted by Gasteiger charge is -2.09.